The molecule has 1 heterocycles. The number of carboxylic acid groups (broad SMARTS) is 1. The fourth-order valence-corrected chi connectivity index (χ4v) is 3.07. The second-order valence-electron chi connectivity index (χ2n) is 6.10. The van der Waals surface area contributed by atoms with Crippen LogP contribution in [0.25, 0.3) is 0 Å². The second kappa shape index (κ2) is 6.29. The number of carbonyl (C=O) groups excluding carboxylic acids is 1. The van der Waals surface area contributed by atoms with E-state index in [4.69, 9.17) is 5.11 Å². The van der Waals surface area contributed by atoms with Gasteiger partial charge >= 0.3 is 5.97 Å². The highest BCUT2D eigenvalue weighted by Crippen LogP contribution is 2.38. The number of carboxylic acids is 1. The molecule has 2 aromatic rings. The summed E-state index contributed by atoms with van der Waals surface area (Å²) >= 11 is 0. The number of carbonyl (C=O) groups is 2. The number of hydrogen-bond donors (Lipinski definition) is 1. The summed E-state index contributed by atoms with van der Waals surface area (Å²) in [6.07, 6.45) is 0. The number of anilines is 1. The highest BCUT2D eigenvalue weighted by Gasteiger charge is 2.38. The number of fused-ring (bicyclic) bond motifs is 1. The second-order valence-corrected chi connectivity index (χ2v) is 6.10. The van der Waals surface area contributed by atoms with Gasteiger partial charge in [0.15, 0.2) is 0 Å². The minimum absolute atomic E-state index is 0.187. The van der Waals surface area contributed by atoms with Crippen molar-refractivity contribution in [3.63, 3.8) is 0 Å². The number of nitrogens with zero attached hydrogens (tertiary/aromatic N) is 3. The smallest absolute Gasteiger partial charge is 0.335 e. The van der Waals surface area contributed by atoms with Gasteiger partial charge in [0, 0.05) is 31.9 Å². The van der Waals surface area contributed by atoms with Crippen LogP contribution in [0.2, 0.25) is 0 Å². The number of aromatic carboxylic acids is 1. The Morgan fingerprint density at radius 2 is 1.92 bits per heavy atom. The molecule has 0 fully saturated rings. The maximum atomic E-state index is 12.9. The summed E-state index contributed by atoms with van der Waals surface area (Å²) in [4.78, 5) is 27.2. The topological polar surface area (TPSA) is 84.6 Å². The molecule has 126 valence electrons. The van der Waals surface area contributed by atoms with Crippen LogP contribution in [0.3, 0.4) is 0 Å². The number of rotatable bonds is 4. The van der Waals surface area contributed by atoms with Crippen LogP contribution >= 0.6 is 0 Å². The lowest BCUT2D eigenvalue weighted by Crippen LogP contribution is -2.27. The van der Waals surface area contributed by atoms with Gasteiger partial charge in [-0.15, -0.1) is 0 Å². The highest BCUT2D eigenvalue weighted by molar-refractivity contribution is 6.04. The van der Waals surface area contributed by atoms with E-state index >= 15 is 0 Å². The molecule has 0 aliphatic carbocycles. The average Bonchev–Trinajstić information content (AvgIpc) is 2.87. The van der Waals surface area contributed by atoms with E-state index < -0.39 is 12.0 Å². The van der Waals surface area contributed by atoms with Crippen LogP contribution in [-0.4, -0.2) is 36.0 Å². The third-order valence-corrected chi connectivity index (χ3v) is 4.31. The third kappa shape index (κ3) is 2.81. The molecular weight excluding hydrogens is 318 g/mol. The fraction of sp³-hybridized carbons (Fsp3) is 0.211. The van der Waals surface area contributed by atoms with Gasteiger partial charge in [-0.25, -0.2) is 4.79 Å². The number of nitriles is 1. The summed E-state index contributed by atoms with van der Waals surface area (Å²) in [7, 11) is 3.72. The first-order valence-electron chi connectivity index (χ1n) is 7.77. The van der Waals surface area contributed by atoms with Crippen molar-refractivity contribution in [3.8, 4) is 6.07 Å². The molecule has 1 atom stereocenters. The third-order valence-electron chi connectivity index (χ3n) is 4.31. The Kier molecular flexibility index (Phi) is 4.15. The molecule has 0 spiro atoms. The summed E-state index contributed by atoms with van der Waals surface area (Å²) in [5, 5.41) is 18.6. The van der Waals surface area contributed by atoms with Crippen LogP contribution in [-0.2, 0) is 6.54 Å². The molecule has 1 N–H and O–H groups in total. The molecule has 0 saturated heterocycles. The maximum Gasteiger partial charge on any atom is 0.335 e. The summed E-state index contributed by atoms with van der Waals surface area (Å²) in [5.74, 6) is -1.19. The first-order chi connectivity index (χ1) is 11.9. The molecule has 0 bridgehead atoms. The monoisotopic (exact) mass is 335 g/mol. The van der Waals surface area contributed by atoms with E-state index in [-0.39, 0.29) is 18.0 Å². The zero-order chi connectivity index (χ0) is 18.1. The van der Waals surface area contributed by atoms with E-state index in [2.05, 4.69) is 6.07 Å². The van der Waals surface area contributed by atoms with Gasteiger partial charge in [-0.1, -0.05) is 24.3 Å². The van der Waals surface area contributed by atoms with Crippen LogP contribution in [0.4, 0.5) is 5.69 Å². The van der Waals surface area contributed by atoms with Gasteiger partial charge in [0.25, 0.3) is 5.91 Å². The first kappa shape index (κ1) is 16.5. The van der Waals surface area contributed by atoms with Crippen LogP contribution in [0.5, 0.6) is 0 Å². The predicted octanol–water partition coefficient (Wildman–Crippen LogP) is 2.67. The van der Waals surface area contributed by atoms with Crippen molar-refractivity contribution < 1.29 is 14.7 Å². The molecule has 6 nitrogen and oxygen atoms in total. The molecule has 3 rings (SSSR count). The molecule has 0 aromatic heterocycles. The zero-order valence-electron chi connectivity index (χ0n) is 13.9. The van der Waals surface area contributed by atoms with Crippen molar-refractivity contribution in [2.24, 2.45) is 0 Å². The zero-order valence-corrected chi connectivity index (χ0v) is 13.9. The molecule has 0 radical (unpaired) electrons. The Balaban J connectivity index is 1.95. The Bertz CT molecular complexity index is 882. The largest absolute Gasteiger partial charge is 0.478 e. The van der Waals surface area contributed by atoms with Gasteiger partial charge < -0.3 is 14.9 Å². The molecule has 6 heteroatoms. The van der Waals surface area contributed by atoms with E-state index in [1.807, 2.05) is 37.2 Å². The lowest BCUT2D eigenvalue weighted by molar-refractivity contribution is 0.0694. The summed E-state index contributed by atoms with van der Waals surface area (Å²) in [6.45, 7) is 0.249. The standard InChI is InChI=1S/C19H17N3O3/c1-21(2)15-5-3-4-14-16(10-20)22(18(23)17(14)15)11-12-6-8-13(9-7-12)19(24)25/h3-9,16H,11H2,1-2H3,(H,24,25). The molecule has 1 amide bonds. The van der Waals surface area contributed by atoms with Gasteiger partial charge in [-0.05, 0) is 23.8 Å². The summed E-state index contributed by atoms with van der Waals surface area (Å²) < 4.78 is 0. The van der Waals surface area contributed by atoms with Crippen molar-refractivity contribution in [2.75, 3.05) is 19.0 Å². The van der Waals surface area contributed by atoms with E-state index in [1.165, 1.54) is 17.0 Å². The molecule has 0 saturated carbocycles. The summed E-state index contributed by atoms with van der Waals surface area (Å²) in [5.41, 5.74) is 3.01. The molecular formula is C19H17N3O3. The molecule has 25 heavy (non-hydrogen) atoms. The fourth-order valence-electron chi connectivity index (χ4n) is 3.07. The van der Waals surface area contributed by atoms with Crippen LogP contribution in [0.1, 0.15) is 37.9 Å². The van der Waals surface area contributed by atoms with Crippen molar-refractivity contribution in [2.45, 2.75) is 12.6 Å². The minimum atomic E-state index is -0.998. The van der Waals surface area contributed by atoms with E-state index in [0.717, 1.165) is 11.3 Å². The maximum absolute atomic E-state index is 12.9. The van der Waals surface area contributed by atoms with Gasteiger partial charge in [0.1, 0.15) is 6.04 Å². The molecule has 2 aromatic carbocycles. The van der Waals surface area contributed by atoms with Gasteiger partial charge in [-0.2, -0.15) is 5.26 Å². The molecule has 1 aliphatic heterocycles. The van der Waals surface area contributed by atoms with Gasteiger partial charge in [0.05, 0.1) is 17.2 Å². The Labute approximate surface area is 145 Å². The number of hydrogen-bond acceptors (Lipinski definition) is 4. The highest BCUT2D eigenvalue weighted by atomic mass is 16.4. The average molecular weight is 335 g/mol. The minimum Gasteiger partial charge on any atom is -0.478 e. The Morgan fingerprint density at radius 3 is 2.48 bits per heavy atom. The molecule has 1 aliphatic rings. The predicted molar refractivity (Wildman–Crippen MR) is 92.4 cm³/mol. The quantitative estimate of drug-likeness (QED) is 0.928. The van der Waals surface area contributed by atoms with Gasteiger partial charge in [0.2, 0.25) is 0 Å². The molecule has 1 unspecified atom stereocenters. The first-order valence-corrected chi connectivity index (χ1v) is 7.77. The Hall–Kier alpha value is -3.33. The lowest BCUT2D eigenvalue weighted by atomic mass is 10.0. The van der Waals surface area contributed by atoms with Crippen LogP contribution in [0.15, 0.2) is 42.5 Å². The summed E-state index contributed by atoms with van der Waals surface area (Å²) in [6, 6.07) is 13.4. The van der Waals surface area contributed by atoms with Crippen LogP contribution < -0.4 is 4.90 Å². The Morgan fingerprint density at radius 1 is 1.24 bits per heavy atom. The van der Waals surface area contributed by atoms with Gasteiger partial charge in [-0.3, -0.25) is 4.79 Å². The van der Waals surface area contributed by atoms with Crippen molar-refractivity contribution in [3.05, 3.63) is 64.7 Å². The van der Waals surface area contributed by atoms with Crippen LogP contribution in [0, 0.1) is 11.3 Å². The normalized spacial score (nSPS) is 15.6. The number of benzene rings is 2. The van der Waals surface area contributed by atoms with E-state index in [1.54, 1.807) is 12.1 Å². The van der Waals surface area contributed by atoms with Crippen molar-refractivity contribution >= 4 is 17.6 Å². The van der Waals surface area contributed by atoms with E-state index in [0.29, 0.717) is 11.1 Å². The van der Waals surface area contributed by atoms with E-state index in [9.17, 15) is 14.9 Å². The lowest BCUT2D eigenvalue weighted by Gasteiger charge is -2.20. The SMILES string of the molecule is CN(C)c1cccc2c1C(=O)N(Cc1ccc(C(=O)O)cc1)C2C#N. The van der Waals surface area contributed by atoms with Crippen molar-refractivity contribution in [1.29, 1.82) is 5.26 Å². The number of amides is 1. The van der Waals surface area contributed by atoms with Crippen molar-refractivity contribution in [1.82, 2.24) is 4.90 Å².